The lowest BCUT2D eigenvalue weighted by atomic mass is 9.85. The quantitative estimate of drug-likeness (QED) is 0.706. The molecule has 0 saturated carbocycles. The molecule has 1 unspecified atom stereocenters. The summed E-state index contributed by atoms with van der Waals surface area (Å²) < 4.78 is 13.3. The Balaban J connectivity index is 2.27. The van der Waals surface area contributed by atoms with Crippen LogP contribution < -0.4 is 5.32 Å². The third kappa shape index (κ3) is 4.25. The largest absolute Gasteiger partial charge is 0.343 e. The van der Waals surface area contributed by atoms with Crippen molar-refractivity contribution in [3.63, 3.8) is 0 Å². The molecule has 1 atom stereocenters. The first-order valence-corrected chi connectivity index (χ1v) is 8.86. The van der Waals surface area contributed by atoms with E-state index >= 15 is 0 Å². The molecule has 0 bridgehead atoms. The second kappa shape index (κ2) is 8.62. The van der Waals surface area contributed by atoms with Gasteiger partial charge in [0.15, 0.2) is 0 Å². The van der Waals surface area contributed by atoms with E-state index in [1.807, 2.05) is 13.0 Å². The molecule has 1 heterocycles. The Hall–Kier alpha value is -2.95. The number of amides is 4. The van der Waals surface area contributed by atoms with Gasteiger partial charge >= 0.3 is 6.03 Å². The molecule has 1 fully saturated rings. The number of imide groups is 1. The van der Waals surface area contributed by atoms with Crippen LogP contribution in [0.4, 0.5) is 9.18 Å². The van der Waals surface area contributed by atoms with E-state index < -0.39 is 35.7 Å². The van der Waals surface area contributed by atoms with E-state index in [9.17, 15) is 18.8 Å². The maximum absolute atomic E-state index is 13.3. The predicted octanol–water partition coefficient (Wildman–Crippen LogP) is 2.14. The standard InChI is InChI=1S/C19H23FN4O3/c1-3-4-10-19(14-6-8-15(20)9-7-14)17(26)24(18(27)22-19)13-16(25)23(2)12-5-11-21/h6-9H,3-5,10,12-13H2,1-2H3,(H,22,27). The van der Waals surface area contributed by atoms with Crippen LogP contribution in [0.1, 0.15) is 38.2 Å². The average Bonchev–Trinajstić information content (AvgIpc) is 2.90. The van der Waals surface area contributed by atoms with Crippen molar-refractivity contribution in [2.24, 2.45) is 0 Å². The first-order chi connectivity index (χ1) is 12.9. The summed E-state index contributed by atoms with van der Waals surface area (Å²) in [5, 5.41) is 11.3. The van der Waals surface area contributed by atoms with Gasteiger partial charge in [0.25, 0.3) is 5.91 Å². The number of hydrogen-bond donors (Lipinski definition) is 1. The van der Waals surface area contributed by atoms with Gasteiger partial charge in [0.05, 0.1) is 12.5 Å². The summed E-state index contributed by atoms with van der Waals surface area (Å²) in [7, 11) is 1.52. The van der Waals surface area contributed by atoms with E-state index in [0.29, 0.717) is 18.4 Å². The lowest BCUT2D eigenvalue weighted by Gasteiger charge is -2.27. The van der Waals surface area contributed by atoms with E-state index in [0.717, 1.165) is 11.3 Å². The fourth-order valence-corrected chi connectivity index (χ4v) is 3.05. The highest BCUT2D eigenvalue weighted by Gasteiger charge is 2.52. The molecule has 0 aromatic heterocycles. The summed E-state index contributed by atoms with van der Waals surface area (Å²) >= 11 is 0. The highest BCUT2D eigenvalue weighted by atomic mass is 19.1. The normalized spacial score (nSPS) is 19.0. The fourth-order valence-electron chi connectivity index (χ4n) is 3.05. The van der Waals surface area contributed by atoms with Crippen LogP contribution in [0.2, 0.25) is 0 Å². The van der Waals surface area contributed by atoms with Crippen molar-refractivity contribution in [3.8, 4) is 6.07 Å². The lowest BCUT2D eigenvalue weighted by Crippen LogP contribution is -2.45. The van der Waals surface area contributed by atoms with Crippen molar-refractivity contribution < 1.29 is 18.8 Å². The molecule has 4 amide bonds. The van der Waals surface area contributed by atoms with Crippen molar-refractivity contribution in [1.82, 2.24) is 15.1 Å². The summed E-state index contributed by atoms with van der Waals surface area (Å²) in [6.45, 7) is 1.78. The maximum atomic E-state index is 13.3. The number of urea groups is 1. The van der Waals surface area contributed by atoms with Gasteiger partial charge in [-0.25, -0.2) is 9.18 Å². The highest BCUT2D eigenvalue weighted by molar-refractivity contribution is 6.09. The minimum absolute atomic E-state index is 0.165. The molecule has 27 heavy (non-hydrogen) atoms. The first kappa shape index (κ1) is 20.4. The van der Waals surface area contributed by atoms with Gasteiger partial charge in [-0.2, -0.15) is 5.26 Å². The van der Waals surface area contributed by atoms with Gasteiger partial charge in [0.1, 0.15) is 17.9 Å². The number of unbranched alkanes of at least 4 members (excludes halogenated alkanes) is 1. The predicted molar refractivity (Wildman–Crippen MR) is 95.7 cm³/mol. The zero-order valence-electron chi connectivity index (χ0n) is 15.5. The number of carbonyl (C=O) groups excluding carboxylic acids is 3. The van der Waals surface area contributed by atoms with E-state index in [2.05, 4.69) is 5.32 Å². The number of benzene rings is 1. The Morgan fingerprint density at radius 2 is 2.00 bits per heavy atom. The monoisotopic (exact) mass is 374 g/mol. The van der Waals surface area contributed by atoms with Crippen LogP contribution >= 0.6 is 0 Å². The molecule has 7 nitrogen and oxygen atoms in total. The molecule has 8 heteroatoms. The molecule has 1 saturated heterocycles. The average molecular weight is 374 g/mol. The molecular weight excluding hydrogens is 351 g/mol. The molecule has 2 rings (SSSR count). The topological polar surface area (TPSA) is 93.5 Å². The summed E-state index contributed by atoms with van der Waals surface area (Å²) in [6.07, 6.45) is 2.00. The molecule has 0 spiro atoms. The number of hydrogen-bond acceptors (Lipinski definition) is 4. The molecular formula is C19H23FN4O3. The van der Waals surface area contributed by atoms with Crippen LogP contribution in [-0.2, 0) is 15.1 Å². The number of carbonyl (C=O) groups is 3. The molecule has 144 valence electrons. The molecule has 1 aromatic rings. The van der Waals surface area contributed by atoms with Crippen molar-refractivity contribution in [2.75, 3.05) is 20.1 Å². The lowest BCUT2D eigenvalue weighted by molar-refractivity contribution is -0.138. The SMILES string of the molecule is CCCCC1(c2ccc(F)cc2)NC(=O)N(CC(=O)N(C)CCC#N)C1=O. The second-order valence-corrected chi connectivity index (χ2v) is 6.56. The number of likely N-dealkylation sites (N-methyl/N-ethyl adjacent to an activating group) is 1. The molecule has 1 N–H and O–H groups in total. The van der Waals surface area contributed by atoms with E-state index in [1.165, 1.54) is 36.2 Å². The van der Waals surface area contributed by atoms with Gasteiger partial charge in [-0.3, -0.25) is 14.5 Å². The second-order valence-electron chi connectivity index (χ2n) is 6.56. The fraction of sp³-hybridized carbons (Fsp3) is 0.474. The Morgan fingerprint density at radius 3 is 2.59 bits per heavy atom. The van der Waals surface area contributed by atoms with Gasteiger partial charge in [0, 0.05) is 13.6 Å². The van der Waals surface area contributed by atoms with Crippen LogP contribution in [0.3, 0.4) is 0 Å². The van der Waals surface area contributed by atoms with Crippen molar-refractivity contribution in [2.45, 2.75) is 38.1 Å². The maximum Gasteiger partial charge on any atom is 0.325 e. The summed E-state index contributed by atoms with van der Waals surface area (Å²) in [5.74, 6) is -1.39. The minimum atomic E-state index is -1.30. The van der Waals surface area contributed by atoms with Gasteiger partial charge < -0.3 is 10.2 Å². The van der Waals surface area contributed by atoms with Crippen molar-refractivity contribution in [1.29, 1.82) is 5.26 Å². The van der Waals surface area contributed by atoms with Crippen molar-refractivity contribution >= 4 is 17.8 Å². The smallest absolute Gasteiger partial charge is 0.325 e. The van der Waals surface area contributed by atoms with Crippen LogP contribution in [-0.4, -0.2) is 47.8 Å². The van der Waals surface area contributed by atoms with Crippen LogP contribution in [0.15, 0.2) is 24.3 Å². The third-order valence-electron chi connectivity index (χ3n) is 4.70. The number of rotatable bonds is 8. The summed E-state index contributed by atoms with van der Waals surface area (Å²) in [4.78, 5) is 40.1. The number of halogens is 1. The minimum Gasteiger partial charge on any atom is -0.343 e. The molecule has 0 aliphatic carbocycles. The highest BCUT2D eigenvalue weighted by Crippen LogP contribution is 2.34. The number of nitrogens with zero attached hydrogens (tertiary/aromatic N) is 3. The molecule has 0 radical (unpaired) electrons. The molecule has 1 aliphatic rings. The number of nitriles is 1. The van der Waals surface area contributed by atoms with Crippen LogP contribution in [0.5, 0.6) is 0 Å². The Kier molecular flexibility index (Phi) is 6.50. The first-order valence-electron chi connectivity index (χ1n) is 8.86. The van der Waals surface area contributed by atoms with E-state index in [4.69, 9.17) is 5.26 Å². The van der Waals surface area contributed by atoms with Crippen molar-refractivity contribution in [3.05, 3.63) is 35.6 Å². The van der Waals surface area contributed by atoms with Gasteiger partial charge in [-0.15, -0.1) is 0 Å². The molecule has 1 aromatic carbocycles. The Bertz CT molecular complexity index is 759. The van der Waals surface area contributed by atoms with Crippen LogP contribution in [0.25, 0.3) is 0 Å². The zero-order chi connectivity index (χ0) is 20.0. The third-order valence-corrected chi connectivity index (χ3v) is 4.70. The van der Waals surface area contributed by atoms with Gasteiger partial charge in [0.2, 0.25) is 5.91 Å². The van der Waals surface area contributed by atoms with Gasteiger partial charge in [-0.05, 0) is 24.1 Å². The van der Waals surface area contributed by atoms with Crippen LogP contribution in [0, 0.1) is 17.1 Å². The number of nitrogens with one attached hydrogen (secondary N) is 1. The van der Waals surface area contributed by atoms with E-state index in [1.54, 1.807) is 0 Å². The zero-order valence-corrected chi connectivity index (χ0v) is 15.5. The Labute approximate surface area is 157 Å². The Morgan fingerprint density at radius 1 is 1.33 bits per heavy atom. The summed E-state index contributed by atoms with van der Waals surface area (Å²) in [5.41, 5.74) is -0.810. The molecule has 1 aliphatic heterocycles. The van der Waals surface area contributed by atoms with Gasteiger partial charge in [-0.1, -0.05) is 31.9 Å². The summed E-state index contributed by atoms with van der Waals surface area (Å²) in [6, 6.07) is 6.74. The van der Waals surface area contributed by atoms with E-state index in [-0.39, 0.29) is 13.0 Å².